The highest BCUT2D eigenvalue weighted by Crippen LogP contribution is 2.27. The fourth-order valence-electron chi connectivity index (χ4n) is 3.77. The first kappa shape index (κ1) is 25.4. The van der Waals surface area contributed by atoms with E-state index in [1.807, 2.05) is 54.6 Å². The van der Waals surface area contributed by atoms with Gasteiger partial charge in [0.05, 0.1) is 15.1 Å². The number of rotatable bonds is 9. The number of carbonyl (C=O) groups excluding carboxylic acids is 1. The minimum Gasteiger partial charge on any atom is -0.455 e. The summed E-state index contributed by atoms with van der Waals surface area (Å²) in [6.07, 6.45) is 0.514. The third-order valence-electron chi connectivity index (χ3n) is 5.74. The minimum atomic E-state index is -4.04. The number of hydrazone groups is 1. The van der Waals surface area contributed by atoms with Gasteiger partial charge in [0.25, 0.3) is 10.0 Å². The average molecular weight is 545 g/mol. The second-order valence-electron chi connectivity index (χ2n) is 8.50. The lowest BCUT2D eigenvalue weighted by Gasteiger charge is -2.08. The molecule has 0 aliphatic rings. The van der Waals surface area contributed by atoms with Gasteiger partial charge in [0.15, 0.2) is 5.76 Å². The van der Waals surface area contributed by atoms with Crippen LogP contribution in [0, 0.1) is 0 Å². The number of furan rings is 1. The highest BCUT2D eigenvalue weighted by molar-refractivity contribution is 7.90. The number of para-hydroxylation sites is 1. The van der Waals surface area contributed by atoms with Gasteiger partial charge in [-0.15, -0.1) is 0 Å². The number of hydrogen-bond acceptors (Lipinski definition) is 8. The van der Waals surface area contributed by atoms with Crippen molar-refractivity contribution in [2.24, 2.45) is 5.10 Å². The van der Waals surface area contributed by atoms with Gasteiger partial charge in [0.2, 0.25) is 11.0 Å². The Kier molecular flexibility index (Phi) is 7.34. The molecule has 0 saturated heterocycles. The lowest BCUT2D eigenvalue weighted by molar-refractivity contribution is -0.119. The Morgan fingerprint density at radius 3 is 2.58 bits per heavy atom. The molecule has 5 rings (SSSR count). The third-order valence-corrected chi connectivity index (χ3v) is 8.05. The molecule has 0 saturated carbocycles. The summed E-state index contributed by atoms with van der Waals surface area (Å²) in [7, 11) is -4.04. The van der Waals surface area contributed by atoms with Gasteiger partial charge in [-0.25, -0.2) is 18.1 Å². The fraction of sp³-hybridized carbons (Fsp3) is 0.107. The molecule has 2 N–H and O–H groups in total. The number of hydrogen-bond donors (Lipinski definition) is 2. The van der Waals surface area contributed by atoms with Crippen molar-refractivity contribution in [2.75, 3.05) is 5.43 Å². The smallest absolute Gasteiger partial charge is 0.264 e. The molecule has 0 fully saturated rings. The average Bonchev–Trinajstić information content (AvgIpc) is 3.59. The SMILES string of the molecule is CC(=NNc1nc2ccccc2s1)c1ccc(-c2cccc(S(=O)(=O)NC(=O)CCc3ccccc3)c2)o1. The maximum Gasteiger partial charge on any atom is 0.264 e. The Morgan fingerprint density at radius 2 is 1.76 bits per heavy atom. The van der Waals surface area contributed by atoms with Gasteiger partial charge in [0.1, 0.15) is 11.5 Å². The Morgan fingerprint density at radius 1 is 0.974 bits per heavy atom. The van der Waals surface area contributed by atoms with E-state index >= 15 is 0 Å². The first-order chi connectivity index (χ1) is 18.4. The molecule has 192 valence electrons. The summed E-state index contributed by atoms with van der Waals surface area (Å²) < 4.78 is 34.8. The van der Waals surface area contributed by atoms with Gasteiger partial charge in [-0.2, -0.15) is 5.10 Å². The molecule has 2 aromatic heterocycles. The number of amides is 1. The number of benzene rings is 3. The predicted octanol–water partition coefficient (Wildman–Crippen LogP) is 5.83. The molecular weight excluding hydrogens is 520 g/mol. The number of nitrogens with zero attached hydrogens (tertiary/aromatic N) is 2. The summed E-state index contributed by atoms with van der Waals surface area (Å²) in [5.41, 5.74) is 5.99. The van der Waals surface area contributed by atoms with E-state index in [0.29, 0.717) is 34.3 Å². The molecular formula is C28H24N4O4S2. The summed E-state index contributed by atoms with van der Waals surface area (Å²) in [5.74, 6) is 0.435. The van der Waals surface area contributed by atoms with Crippen LogP contribution in [0.5, 0.6) is 0 Å². The molecule has 0 bridgehead atoms. The van der Waals surface area contributed by atoms with E-state index in [1.165, 1.54) is 23.5 Å². The molecule has 3 aromatic carbocycles. The molecule has 0 spiro atoms. The largest absolute Gasteiger partial charge is 0.455 e. The zero-order valence-corrected chi connectivity index (χ0v) is 22.1. The third kappa shape index (κ3) is 5.99. The van der Waals surface area contributed by atoms with Gasteiger partial charge >= 0.3 is 0 Å². The second-order valence-corrected chi connectivity index (χ2v) is 11.2. The lowest BCUT2D eigenvalue weighted by Crippen LogP contribution is -2.30. The first-order valence-electron chi connectivity index (χ1n) is 11.8. The standard InChI is InChI=1S/C28H24N4O4S2/c1-19(30-31-28-29-23-12-5-6-13-26(23)37-28)24-15-16-25(36-24)21-10-7-11-22(18-21)38(34,35)32-27(33)17-14-20-8-3-2-4-9-20/h2-13,15-16,18H,14,17H2,1H3,(H,29,31)(H,32,33). The van der Waals surface area contributed by atoms with Crippen molar-refractivity contribution in [3.05, 3.63) is 102 Å². The van der Waals surface area contributed by atoms with Gasteiger partial charge in [-0.05, 0) is 55.3 Å². The first-order valence-corrected chi connectivity index (χ1v) is 14.1. The summed E-state index contributed by atoms with van der Waals surface area (Å²) in [4.78, 5) is 16.8. The Balaban J connectivity index is 1.26. The van der Waals surface area contributed by atoms with Crippen LogP contribution < -0.4 is 10.1 Å². The summed E-state index contributed by atoms with van der Waals surface area (Å²) in [6, 6.07) is 27.0. The predicted molar refractivity (Wildman–Crippen MR) is 150 cm³/mol. The van der Waals surface area contributed by atoms with E-state index in [4.69, 9.17) is 4.42 Å². The van der Waals surface area contributed by atoms with Crippen LogP contribution >= 0.6 is 11.3 Å². The van der Waals surface area contributed by atoms with Crippen molar-refractivity contribution in [2.45, 2.75) is 24.7 Å². The van der Waals surface area contributed by atoms with E-state index in [-0.39, 0.29) is 11.3 Å². The van der Waals surface area contributed by atoms with Crippen LogP contribution in [0.4, 0.5) is 5.13 Å². The van der Waals surface area contributed by atoms with Crippen molar-refractivity contribution in [1.29, 1.82) is 0 Å². The maximum atomic E-state index is 12.8. The normalized spacial score (nSPS) is 12.0. The zero-order chi connectivity index (χ0) is 26.5. The second kappa shape index (κ2) is 11.0. The fourth-order valence-corrected chi connectivity index (χ4v) is 5.64. The number of fused-ring (bicyclic) bond motifs is 1. The molecule has 2 heterocycles. The molecule has 0 radical (unpaired) electrons. The van der Waals surface area contributed by atoms with Crippen molar-refractivity contribution in [3.63, 3.8) is 0 Å². The number of carbonyl (C=O) groups is 1. The Bertz CT molecular complexity index is 1690. The minimum absolute atomic E-state index is 0.0242. The number of aryl methyl sites for hydroxylation is 1. The van der Waals surface area contributed by atoms with Crippen LogP contribution in [0.15, 0.2) is 105 Å². The summed E-state index contributed by atoms with van der Waals surface area (Å²) in [5, 5.41) is 5.04. The van der Waals surface area contributed by atoms with Gasteiger partial charge in [-0.1, -0.05) is 65.9 Å². The molecule has 0 atom stereocenters. The molecule has 5 aromatic rings. The molecule has 38 heavy (non-hydrogen) atoms. The van der Waals surface area contributed by atoms with Crippen LogP contribution in [-0.4, -0.2) is 25.0 Å². The number of anilines is 1. The van der Waals surface area contributed by atoms with Crippen LogP contribution in [0.2, 0.25) is 0 Å². The van der Waals surface area contributed by atoms with Crippen molar-refractivity contribution in [1.82, 2.24) is 9.71 Å². The highest BCUT2D eigenvalue weighted by Gasteiger charge is 2.19. The molecule has 1 amide bonds. The van der Waals surface area contributed by atoms with E-state index in [2.05, 4.69) is 20.2 Å². The summed E-state index contributed by atoms with van der Waals surface area (Å²) >= 11 is 1.50. The molecule has 8 nitrogen and oxygen atoms in total. The van der Waals surface area contributed by atoms with E-state index in [9.17, 15) is 13.2 Å². The van der Waals surface area contributed by atoms with E-state index in [0.717, 1.165) is 15.8 Å². The van der Waals surface area contributed by atoms with Gasteiger partial charge in [0, 0.05) is 12.0 Å². The number of thiazole rings is 1. The summed E-state index contributed by atoms with van der Waals surface area (Å²) in [6.45, 7) is 1.80. The van der Waals surface area contributed by atoms with Gasteiger partial charge in [-0.3, -0.25) is 10.2 Å². The number of aromatic nitrogens is 1. The van der Waals surface area contributed by atoms with Crippen LogP contribution in [0.3, 0.4) is 0 Å². The zero-order valence-electron chi connectivity index (χ0n) is 20.4. The van der Waals surface area contributed by atoms with Crippen molar-refractivity contribution < 1.29 is 17.6 Å². The molecule has 0 unspecified atom stereocenters. The van der Waals surface area contributed by atoms with Crippen LogP contribution in [0.1, 0.15) is 24.7 Å². The Hall–Kier alpha value is -4.28. The number of sulfonamides is 1. The number of nitrogens with one attached hydrogen (secondary N) is 2. The molecule has 0 aliphatic heterocycles. The topological polar surface area (TPSA) is 114 Å². The van der Waals surface area contributed by atoms with Crippen LogP contribution in [0.25, 0.3) is 21.5 Å². The van der Waals surface area contributed by atoms with Crippen molar-refractivity contribution in [3.8, 4) is 11.3 Å². The maximum absolute atomic E-state index is 12.8. The quantitative estimate of drug-likeness (QED) is 0.178. The molecule has 0 aliphatic carbocycles. The van der Waals surface area contributed by atoms with E-state index < -0.39 is 15.9 Å². The van der Waals surface area contributed by atoms with Crippen molar-refractivity contribution >= 4 is 48.3 Å². The van der Waals surface area contributed by atoms with Crippen LogP contribution in [-0.2, 0) is 21.2 Å². The monoisotopic (exact) mass is 544 g/mol. The highest BCUT2D eigenvalue weighted by atomic mass is 32.2. The molecule has 10 heteroatoms. The van der Waals surface area contributed by atoms with Gasteiger partial charge < -0.3 is 4.42 Å². The van der Waals surface area contributed by atoms with E-state index in [1.54, 1.807) is 31.2 Å². The Labute approximate surface area is 224 Å². The lowest BCUT2D eigenvalue weighted by atomic mass is 10.1.